The largest absolute Gasteiger partial charge is 0.385 e. The lowest BCUT2D eigenvalue weighted by molar-refractivity contribution is 0.185. The minimum atomic E-state index is 0.675. The number of pyridine rings is 1. The quantitative estimate of drug-likeness (QED) is 0.516. The first-order chi connectivity index (χ1) is 7.88. The van der Waals surface area contributed by atoms with E-state index in [4.69, 9.17) is 10.6 Å². The van der Waals surface area contributed by atoms with Crippen molar-refractivity contribution in [2.75, 3.05) is 30.5 Å². The van der Waals surface area contributed by atoms with Crippen molar-refractivity contribution in [3.05, 3.63) is 18.3 Å². The van der Waals surface area contributed by atoms with Crippen LogP contribution in [0.2, 0.25) is 0 Å². The van der Waals surface area contributed by atoms with Gasteiger partial charge in [0.25, 0.3) is 0 Å². The van der Waals surface area contributed by atoms with Crippen LogP contribution in [-0.2, 0) is 4.74 Å². The molecule has 0 saturated carbocycles. The number of nitrogens with one attached hydrogen (secondary N) is 2. The number of anilines is 2. The second-order valence-electron chi connectivity index (χ2n) is 4.02. The van der Waals surface area contributed by atoms with Gasteiger partial charge in [-0.05, 0) is 24.8 Å². The third-order valence-corrected chi connectivity index (χ3v) is 2.81. The number of hydrazine groups is 1. The first-order valence-corrected chi connectivity index (χ1v) is 5.63. The Bertz CT molecular complexity index is 326. The molecule has 1 fully saturated rings. The van der Waals surface area contributed by atoms with Gasteiger partial charge in [0, 0.05) is 37.7 Å². The van der Waals surface area contributed by atoms with Crippen molar-refractivity contribution in [2.24, 2.45) is 11.8 Å². The van der Waals surface area contributed by atoms with Crippen molar-refractivity contribution >= 4 is 11.5 Å². The maximum atomic E-state index is 5.33. The zero-order chi connectivity index (χ0) is 11.2. The average Bonchev–Trinajstić information content (AvgIpc) is 2.82. The Morgan fingerprint density at radius 2 is 2.50 bits per heavy atom. The lowest BCUT2D eigenvalue weighted by atomic mass is 10.1. The van der Waals surface area contributed by atoms with E-state index in [0.29, 0.717) is 11.7 Å². The highest BCUT2D eigenvalue weighted by Crippen LogP contribution is 2.17. The van der Waals surface area contributed by atoms with E-state index in [1.807, 2.05) is 12.1 Å². The second kappa shape index (κ2) is 5.67. The molecule has 2 heterocycles. The highest BCUT2D eigenvalue weighted by molar-refractivity contribution is 5.51. The molecular weight excluding hydrogens is 204 g/mol. The number of nitrogens with two attached hydrogens (primary N) is 1. The normalized spacial score (nSPS) is 19.7. The molecule has 0 radical (unpaired) electrons. The van der Waals surface area contributed by atoms with E-state index < -0.39 is 0 Å². The molecule has 88 valence electrons. The Morgan fingerprint density at radius 3 is 3.25 bits per heavy atom. The molecule has 1 aromatic heterocycles. The Balaban J connectivity index is 1.75. The summed E-state index contributed by atoms with van der Waals surface area (Å²) in [6, 6.07) is 3.83. The lowest BCUT2D eigenvalue weighted by Crippen LogP contribution is -2.11. The summed E-state index contributed by atoms with van der Waals surface area (Å²) in [6.45, 7) is 2.79. The van der Waals surface area contributed by atoms with E-state index in [2.05, 4.69) is 15.7 Å². The molecule has 1 unspecified atom stereocenters. The van der Waals surface area contributed by atoms with Crippen LogP contribution in [0.15, 0.2) is 18.3 Å². The van der Waals surface area contributed by atoms with Gasteiger partial charge in [-0.25, -0.2) is 10.8 Å². The summed E-state index contributed by atoms with van der Waals surface area (Å²) in [5.41, 5.74) is 3.57. The van der Waals surface area contributed by atoms with Crippen molar-refractivity contribution in [3.63, 3.8) is 0 Å². The number of hydrogen-bond acceptors (Lipinski definition) is 5. The predicted octanol–water partition coefficient (Wildman–Crippen LogP) is 1.21. The monoisotopic (exact) mass is 222 g/mol. The van der Waals surface area contributed by atoms with Crippen molar-refractivity contribution in [1.29, 1.82) is 0 Å². The van der Waals surface area contributed by atoms with Gasteiger partial charge < -0.3 is 15.5 Å². The molecule has 5 heteroatoms. The van der Waals surface area contributed by atoms with Gasteiger partial charge in [-0.15, -0.1) is 0 Å². The smallest absolute Gasteiger partial charge is 0.141 e. The van der Waals surface area contributed by atoms with Crippen LogP contribution in [-0.4, -0.2) is 24.7 Å². The molecule has 1 aromatic rings. The highest BCUT2D eigenvalue weighted by atomic mass is 16.5. The van der Waals surface area contributed by atoms with Crippen LogP contribution in [0.4, 0.5) is 11.5 Å². The zero-order valence-corrected chi connectivity index (χ0v) is 9.28. The van der Waals surface area contributed by atoms with Crippen LogP contribution in [0.3, 0.4) is 0 Å². The third-order valence-electron chi connectivity index (χ3n) is 2.81. The van der Waals surface area contributed by atoms with Crippen LogP contribution < -0.4 is 16.6 Å². The Morgan fingerprint density at radius 1 is 1.56 bits per heavy atom. The highest BCUT2D eigenvalue weighted by Gasteiger charge is 2.14. The number of nitrogens with zero attached hydrogens (tertiary/aromatic N) is 1. The van der Waals surface area contributed by atoms with Gasteiger partial charge in [0.15, 0.2) is 0 Å². The first-order valence-electron chi connectivity index (χ1n) is 5.63. The average molecular weight is 222 g/mol. The van der Waals surface area contributed by atoms with Gasteiger partial charge >= 0.3 is 0 Å². The molecule has 2 rings (SSSR count). The molecule has 1 saturated heterocycles. The van der Waals surface area contributed by atoms with E-state index in [1.165, 1.54) is 6.42 Å². The van der Waals surface area contributed by atoms with Gasteiger partial charge in [0.05, 0.1) is 0 Å². The molecule has 0 amide bonds. The van der Waals surface area contributed by atoms with Crippen molar-refractivity contribution in [3.8, 4) is 0 Å². The number of ether oxygens (including phenoxy) is 1. The standard InChI is InChI=1S/C11H18N4O/c12-15-11-7-10(2-5-14-11)13-4-1-9-3-6-16-8-9/h2,5,7,9H,1,3-4,6,8,12H2,(H2,13,14,15). The second-order valence-corrected chi connectivity index (χ2v) is 4.02. The van der Waals surface area contributed by atoms with Crippen LogP contribution in [0.25, 0.3) is 0 Å². The minimum absolute atomic E-state index is 0.675. The molecule has 0 aromatic carbocycles. The van der Waals surface area contributed by atoms with Crippen molar-refractivity contribution in [2.45, 2.75) is 12.8 Å². The number of aromatic nitrogens is 1. The van der Waals surface area contributed by atoms with Crippen LogP contribution >= 0.6 is 0 Å². The number of rotatable bonds is 5. The Kier molecular flexibility index (Phi) is 3.96. The van der Waals surface area contributed by atoms with Gasteiger partial charge in [-0.2, -0.15) is 0 Å². The summed E-state index contributed by atoms with van der Waals surface area (Å²) in [6.07, 6.45) is 4.07. The Labute approximate surface area is 95.4 Å². The fourth-order valence-electron chi connectivity index (χ4n) is 1.85. The van der Waals surface area contributed by atoms with E-state index in [0.717, 1.165) is 31.9 Å². The van der Waals surface area contributed by atoms with E-state index in [-0.39, 0.29) is 0 Å². The summed E-state index contributed by atoms with van der Waals surface area (Å²) in [5, 5.41) is 3.36. The van der Waals surface area contributed by atoms with E-state index in [9.17, 15) is 0 Å². The summed E-state index contributed by atoms with van der Waals surface area (Å²) in [4.78, 5) is 4.05. The van der Waals surface area contributed by atoms with Crippen molar-refractivity contribution in [1.82, 2.24) is 4.98 Å². The summed E-state index contributed by atoms with van der Waals surface area (Å²) in [7, 11) is 0. The predicted molar refractivity (Wildman–Crippen MR) is 64.1 cm³/mol. The summed E-state index contributed by atoms with van der Waals surface area (Å²) in [5.74, 6) is 6.67. The number of nitrogen functional groups attached to an aromatic ring is 1. The third kappa shape index (κ3) is 3.08. The molecule has 0 aliphatic carbocycles. The fourth-order valence-corrected chi connectivity index (χ4v) is 1.85. The molecular formula is C11H18N4O. The fraction of sp³-hybridized carbons (Fsp3) is 0.545. The molecule has 1 aliphatic rings. The van der Waals surface area contributed by atoms with Gasteiger partial charge in [-0.3, -0.25) is 0 Å². The molecule has 5 nitrogen and oxygen atoms in total. The summed E-state index contributed by atoms with van der Waals surface area (Å²) >= 11 is 0. The zero-order valence-electron chi connectivity index (χ0n) is 9.28. The minimum Gasteiger partial charge on any atom is -0.385 e. The summed E-state index contributed by atoms with van der Waals surface area (Å²) < 4.78 is 5.33. The van der Waals surface area contributed by atoms with E-state index >= 15 is 0 Å². The molecule has 0 spiro atoms. The van der Waals surface area contributed by atoms with Crippen molar-refractivity contribution < 1.29 is 4.74 Å². The first kappa shape index (κ1) is 11.2. The molecule has 1 atom stereocenters. The van der Waals surface area contributed by atoms with Gasteiger partial charge in [0.2, 0.25) is 0 Å². The molecule has 4 N–H and O–H groups in total. The topological polar surface area (TPSA) is 72.2 Å². The van der Waals surface area contributed by atoms with Gasteiger partial charge in [-0.1, -0.05) is 0 Å². The van der Waals surface area contributed by atoms with Crippen LogP contribution in [0, 0.1) is 5.92 Å². The lowest BCUT2D eigenvalue weighted by Gasteiger charge is -2.10. The van der Waals surface area contributed by atoms with Crippen LogP contribution in [0.1, 0.15) is 12.8 Å². The SMILES string of the molecule is NNc1cc(NCCC2CCOC2)ccn1. The van der Waals surface area contributed by atoms with E-state index in [1.54, 1.807) is 6.20 Å². The maximum absolute atomic E-state index is 5.33. The number of hydrogen-bond donors (Lipinski definition) is 3. The molecule has 16 heavy (non-hydrogen) atoms. The van der Waals surface area contributed by atoms with Crippen LogP contribution in [0.5, 0.6) is 0 Å². The molecule has 1 aliphatic heterocycles. The Hall–Kier alpha value is -1.33. The van der Waals surface area contributed by atoms with Gasteiger partial charge in [0.1, 0.15) is 5.82 Å². The maximum Gasteiger partial charge on any atom is 0.141 e. The molecule has 0 bridgehead atoms.